The van der Waals surface area contributed by atoms with E-state index in [4.69, 9.17) is 15.6 Å². The molecule has 1 aromatic rings. The van der Waals surface area contributed by atoms with Crippen LogP contribution in [0.2, 0.25) is 0 Å². The lowest BCUT2D eigenvalue weighted by atomic mass is 10.4. The van der Waals surface area contributed by atoms with E-state index in [-0.39, 0.29) is 17.7 Å². The minimum absolute atomic E-state index is 0.132. The van der Waals surface area contributed by atoms with Gasteiger partial charge in [-0.3, -0.25) is 9.36 Å². The molecule has 1 aliphatic rings. The first-order valence-corrected chi connectivity index (χ1v) is 5.72. The third-order valence-electron chi connectivity index (χ3n) is 2.28. The molecular formula is C9H11FN2O3S. The van der Waals surface area contributed by atoms with Crippen molar-refractivity contribution in [1.82, 2.24) is 4.57 Å². The third-order valence-corrected chi connectivity index (χ3v) is 3.39. The summed E-state index contributed by atoms with van der Waals surface area (Å²) in [6, 6.07) is 1.32. The second-order valence-corrected chi connectivity index (χ2v) is 4.53. The number of ether oxygens (including phenoxy) is 1. The van der Waals surface area contributed by atoms with Crippen molar-refractivity contribution in [3.63, 3.8) is 0 Å². The van der Waals surface area contributed by atoms with Gasteiger partial charge in [-0.1, -0.05) is 0 Å². The molecule has 88 valence electrons. The Morgan fingerprint density at radius 3 is 3.12 bits per heavy atom. The number of aliphatic hydroxyl groups is 1. The molecular weight excluding hydrogens is 235 g/mol. The molecule has 7 heteroatoms. The zero-order valence-electron chi connectivity index (χ0n) is 8.30. The summed E-state index contributed by atoms with van der Waals surface area (Å²) in [6.07, 6.45) is 0.843. The fourth-order valence-corrected chi connectivity index (χ4v) is 2.38. The molecule has 1 saturated heterocycles. The van der Waals surface area contributed by atoms with Gasteiger partial charge in [0.05, 0.1) is 12.3 Å². The molecule has 0 spiro atoms. The Kier molecular flexibility index (Phi) is 3.17. The Bertz CT molecular complexity index is 451. The van der Waals surface area contributed by atoms with Crippen molar-refractivity contribution in [2.24, 2.45) is 0 Å². The highest BCUT2D eigenvalue weighted by Crippen LogP contribution is 2.30. The molecule has 1 fully saturated rings. The summed E-state index contributed by atoms with van der Waals surface area (Å²) in [5.41, 5.74) is 3.93. The van der Waals surface area contributed by atoms with Crippen LogP contribution in [0.1, 0.15) is 6.23 Å². The second kappa shape index (κ2) is 4.44. The zero-order valence-corrected chi connectivity index (χ0v) is 9.11. The highest BCUT2D eigenvalue weighted by molar-refractivity contribution is 8.00. The van der Waals surface area contributed by atoms with E-state index in [0.717, 1.165) is 4.57 Å². The Balaban J connectivity index is 2.29. The Labute approximate surface area is 95.0 Å². The van der Waals surface area contributed by atoms with E-state index in [1.807, 2.05) is 0 Å². The summed E-state index contributed by atoms with van der Waals surface area (Å²) in [4.78, 5) is 11.5. The molecule has 0 radical (unpaired) electrons. The number of pyridine rings is 1. The van der Waals surface area contributed by atoms with Gasteiger partial charge >= 0.3 is 0 Å². The summed E-state index contributed by atoms with van der Waals surface area (Å²) in [7, 11) is 0. The summed E-state index contributed by atoms with van der Waals surface area (Å²) in [5, 5.41) is 8.87. The Hall–Kier alpha value is -1.05. The average molecular weight is 246 g/mol. The number of nitrogens with two attached hydrogens (primary N) is 1. The number of aromatic nitrogens is 1. The largest absolute Gasteiger partial charge is 0.396 e. The van der Waals surface area contributed by atoms with Gasteiger partial charge < -0.3 is 15.6 Å². The van der Waals surface area contributed by atoms with Gasteiger partial charge in [-0.15, -0.1) is 11.8 Å². The molecule has 16 heavy (non-hydrogen) atoms. The van der Waals surface area contributed by atoms with Crippen LogP contribution in [0.4, 0.5) is 10.1 Å². The molecule has 0 aliphatic carbocycles. The maximum atomic E-state index is 13.3. The minimum atomic E-state index is -0.969. The number of halogens is 1. The van der Waals surface area contributed by atoms with Gasteiger partial charge in [0.15, 0.2) is 0 Å². The normalized spacial score (nSPS) is 24.9. The third kappa shape index (κ3) is 1.93. The van der Waals surface area contributed by atoms with Gasteiger partial charge in [0, 0.05) is 11.9 Å². The van der Waals surface area contributed by atoms with Crippen molar-refractivity contribution in [3.05, 3.63) is 28.4 Å². The lowest BCUT2D eigenvalue weighted by Gasteiger charge is -2.14. The van der Waals surface area contributed by atoms with Gasteiger partial charge in [0.2, 0.25) is 5.82 Å². The summed E-state index contributed by atoms with van der Waals surface area (Å²) < 4.78 is 19.7. The highest BCUT2D eigenvalue weighted by atomic mass is 32.2. The van der Waals surface area contributed by atoms with Crippen molar-refractivity contribution in [1.29, 1.82) is 0 Å². The first-order valence-electron chi connectivity index (χ1n) is 4.67. The number of nitrogen functional groups attached to an aromatic ring is 1. The van der Waals surface area contributed by atoms with E-state index in [1.54, 1.807) is 0 Å². The van der Waals surface area contributed by atoms with Crippen LogP contribution in [0.3, 0.4) is 0 Å². The molecule has 5 nitrogen and oxygen atoms in total. The number of thioether (sulfide) groups is 1. The van der Waals surface area contributed by atoms with Gasteiger partial charge in [-0.2, -0.15) is 4.39 Å². The molecule has 0 saturated carbocycles. The molecule has 2 rings (SSSR count). The lowest BCUT2D eigenvalue weighted by Crippen LogP contribution is -2.29. The minimum Gasteiger partial charge on any atom is -0.396 e. The number of hydrogen-bond acceptors (Lipinski definition) is 5. The Morgan fingerprint density at radius 1 is 1.75 bits per heavy atom. The Morgan fingerprint density at radius 2 is 2.50 bits per heavy atom. The predicted octanol–water partition coefficient (Wildman–Crippen LogP) is 0.150. The van der Waals surface area contributed by atoms with Gasteiger partial charge in [0.1, 0.15) is 11.7 Å². The van der Waals surface area contributed by atoms with Crippen molar-refractivity contribution in [2.75, 3.05) is 18.1 Å². The summed E-state index contributed by atoms with van der Waals surface area (Å²) >= 11 is 1.38. The second-order valence-electron chi connectivity index (χ2n) is 3.33. The van der Waals surface area contributed by atoms with Gasteiger partial charge in [0.25, 0.3) is 5.56 Å². The maximum Gasteiger partial charge on any atom is 0.290 e. The van der Waals surface area contributed by atoms with Crippen LogP contribution in [0, 0.1) is 5.82 Å². The van der Waals surface area contributed by atoms with E-state index in [1.165, 1.54) is 24.0 Å². The van der Waals surface area contributed by atoms with Gasteiger partial charge in [-0.25, -0.2) is 0 Å². The monoisotopic (exact) mass is 246 g/mol. The van der Waals surface area contributed by atoms with Crippen LogP contribution >= 0.6 is 11.8 Å². The van der Waals surface area contributed by atoms with E-state index in [9.17, 15) is 9.18 Å². The van der Waals surface area contributed by atoms with Crippen LogP contribution < -0.4 is 11.3 Å². The van der Waals surface area contributed by atoms with Crippen LogP contribution in [0.15, 0.2) is 17.1 Å². The smallest absolute Gasteiger partial charge is 0.290 e. The van der Waals surface area contributed by atoms with Crippen LogP contribution in [0.5, 0.6) is 0 Å². The quantitative estimate of drug-likeness (QED) is 0.776. The molecule has 0 bridgehead atoms. The van der Waals surface area contributed by atoms with Crippen molar-refractivity contribution in [3.8, 4) is 0 Å². The number of aliphatic hydroxyl groups excluding tert-OH is 1. The summed E-state index contributed by atoms with van der Waals surface area (Å²) in [5.74, 6) is -0.474. The van der Waals surface area contributed by atoms with E-state index in [0.29, 0.717) is 5.75 Å². The first-order chi connectivity index (χ1) is 7.63. The van der Waals surface area contributed by atoms with Crippen LogP contribution in [0.25, 0.3) is 0 Å². The number of anilines is 1. The average Bonchev–Trinajstić information content (AvgIpc) is 2.74. The number of hydrogen-bond donors (Lipinski definition) is 2. The molecule has 3 N–H and O–H groups in total. The van der Waals surface area contributed by atoms with Crippen molar-refractivity contribution >= 4 is 17.4 Å². The first kappa shape index (κ1) is 11.4. The zero-order chi connectivity index (χ0) is 11.7. The molecule has 0 unspecified atom stereocenters. The predicted molar refractivity (Wildman–Crippen MR) is 58.5 cm³/mol. The number of rotatable bonds is 2. The van der Waals surface area contributed by atoms with Crippen LogP contribution in [-0.2, 0) is 4.74 Å². The molecule has 2 heterocycles. The maximum absolute atomic E-state index is 13.3. The fourth-order valence-electron chi connectivity index (χ4n) is 1.45. The van der Waals surface area contributed by atoms with E-state index in [2.05, 4.69) is 0 Å². The standard InChI is InChI=1S/C9H11FN2O3S/c10-8-5(11)1-2-12(9(8)14)6-4-16-7(3-13)15-6/h1-2,6-7,13H,3-4,11H2/t6-,7-/m1/s1. The SMILES string of the molecule is Nc1ccn([C@H]2CS[C@H](CO)O2)c(=O)c1F. The molecule has 1 aromatic heterocycles. The molecule has 1 aliphatic heterocycles. The van der Waals surface area contributed by atoms with E-state index >= 15 is 0 Å². The highest BCUT2D eigenvalue weighted by Gasteiger charge is 2.27. The number of nitrogens with zero attached hydrogens (tertiary/aromatic N) is 1. The van der Waals surface area contributed by atoms with E-state index < -0.39 is 17.6 Å². The van der Waals surface area contributed by atoms with Crippen LogP contribution in [-0.4, -0.2) is 27.5 Å². The summed E-state index contributed by atoms with van der Waals surface area (Å²) in [6.45, 7) is -0.132. The lowest BCUT2D eigenvalue weighted by molar-refractivity contribution is -0.00615. The van der Waals surface area contributed by atoms with Gasteiger partial charge in [-0.05, 0) is 6.07 Å². The van der Waals surface area contributed by atoms with Crippen molar-refractivity contribution in [2.45, 2.75) is 11.7 Å². The topological polar surface area (TPSA) is 77.5 Å². The molecule has 0 aromatic carbocycles. The fraction of sp³-hybridized carbons (Fsp3) is 0.444. The molecule has 2 atom stereocenters. The van der Waals surface area contributed by atoms with Crippen molar-refractivity contribution < 1.29 is 14.2 Å². The molecule has 0 amide bonds.